The van der Waals surface area contributed by atoms with Crippen LogP contribution in [0.5, 0.6) is 0 Å². The first-order chi connectivity index (χ1) is 7.74. The Morgan fingerprint density at radius 2 is 2.06 bits per heavy atom. The SMILES string of the molecule is Cc1nn(-c2ccccc2)c(N)c1SC#N. The summed E-state index contributed by atoms with van der Waals surface area (Å²) in [4.78, 5) is 0.728. The highest BCUT2D eigenvalue weighted by atomic mass is 32.2. The van der Waals surface area contributed by atoms with Crippen LogP contribution in [-0.2, 0) is 0 Å². The molecule has 0 aliphatic rings. The highest BCUT2D eigenvalue weighted by Gasteiger charge is 2.13. The van der Waals surface area contributed by atoms with Gasteiger partial charge in [0, 0.05) is 0 Å². The lowest BCUT2D eigenvalue weighted by molar-refractivity contribution is 0.872. The maximum atomic E-state index is 8.67. The fourth-order valence-corrected chi connectivity index (χ4v) is 1.94. The number of anilines is 1. The molecule has 1 heterocycles. The Morgan fingerprint density at radius 3 is 2.69 bits per heavy atom. The molecule has 2 N–H and O–H groups in total. The molecule has 0 aliphatic carbocycles. The maximum Gasteiger partial charge on any atom is 0.142 e. The molecule has 1 aromatic heterocycles. The molecule has 2 rings (SSSR count). The van der Waals surface area contributed by atoms with Crippen LogP contribution in [0.15, 0.2) is 35.2 Å². The Hall–Kier alpha value is -1.93. The van der Waals surface area contributed by atoms with Gasteiger partial charge in [-0.3, -0.25) is 0 Å². The zero-order chi connectivity index (χ0) is 11.5. The average Bonchev–Trinajstić information content (AvgIpc) is 2.59. The van der Waals surface area contributed by atoms with E-state index in [-0.39, 0.29) is 0 Å². The van der Waals surface area contributed by atoms with Crippen molar-refractivity contribution in [2.24, 2.45) is 0 Å². The monoisotopic (exact) mass is 230 g/mol. The van der Waals surface area contributed by atoms with E-state index in [1.807, 2.05) is 42.7 Å². The summed E-state index contributed by atoms with van der Waals surface area (Å²) in [5.41, 5.74) is 7.62. The number of aromatic nitrogens is 2. The first-order valence-corrected chi connectivity index (χ1v) is 5.52. The molecule has 0 aliphatic heterocycles. The van der Waals surface area contributed by atoms with Crippen molar-refractivity contribution < 1.29 is 0 Å². The number of rotatable bonds is 2. The van der Waals surface area contributed by atoms with Crippen LogP contribution in [0, 0.1) is 17.6 Å². The van der Waals surface area contributed by atoms with E-state index in [1.54, 1.807) is 4.68 Å². The van der Waals surface area contributed by atoms with E-state index in [9.17, 15) is 0 Å². The minimum absolute atomic E-state index is 0.509. The molecule has 0 atom stereocenters. The first-order valence-electron chi connectivity index (χ1n) is 4.70. The van der Waals surface area contributed by atoms with Crippen LogP contribution in [0.25, 0.3) is 5.69 Å². The molecule has 0 amide bonds. The second-order valence-electron chi connectivity index (χ2n) is 3.24. The van der Waals surface area contributed by atoms with Gasteiger partial charge in [-0.05, 0) is 30.8 Å². The number of thiocyanates is 1. The number of nitrogen functional groups attached to an aromatic ring is 1. The van der Waals surface area contributed by atoms with Gasteiger partial charge in [0.25, 0.3) is 0 Å². The van der Waals surface area contributed by atoms with E-state index in [0.717, 1.165) is 28.0 Å². The molecule has 16 heavy (non-hydrogen) atoms. The lowest BCUT2D eigenvalue weighted by Crippen LogP contribution is -2.01. The van der Waals surface area contributed by atoms with Crippen molar-refractivity contribution in [2.75, 3.05) is 5.73 Å². The molecule has 0 bridgehead atoms. The van der Waals surface area contributed by atoms with Crippen LogP contribution in [0.2, 0.25) is 0 Å². The predicted molar refractivity (Wildman–Crippen MR) is 64.2 cm³/mol. The number of nitriles is 1. The molecule has 0 saturated heterocycles. The Bertz CT molecular complexity index is 539. The van der Waals surface area contributed by atoms with E-state index in [2.05, 4.69) is 5.10 Å². The molecule has 2 aromatic rings. The van der Waals surface area contributed by atoms with Gasteiger partial charge in [0.05, 0.1) is 16.3 Å². The lowest BCUT2D eigenvalue weighted by atomic mass is 10.3. The molecule has 4 nitrogen and oxygen atoms in total. The Kier molecular flexibility index (Phi) is 2.84. The fraction of sp³-hybridized carbons (Fsp3) is 0.0909. The largest absolute Gasteiger partial charge is 0.383 e. The zero-order valence-electron chi connectivity index (χ0n) is 8.71. The van der Waals surface area contributed by atoms with Crippen LogP contribution >= 0.6 is 11.8 Å². The third-order valence-corrected chi connectivity index (χ3v) is 2.99. The standard InChI is InChI=1S/C11H10N4S/c1-8-10(16-7-12)11(13)15(14-8)9-5-3-2-4-6-9/h2-6H,13H2,1H3. The van der Waals surface area contributed by atoms with E-state index in [4.69, 9.17) is 11.0 Å². The minimum Gasteiger partial charge on any atom is -0.383 e. The summed E-state index contributed by atoms with van der Waals surface area (Å²) in [7, 11) is 0. The molecule has 0 spiro atoms. The van der Waals surface area contributed by atoms with E-state index in [0.29, 0.717) is 5.82 Å². The van der Waals surface area contributed by atoms with Crippen molar-refractivity contribution in [3.05, 3.63) is 36.0 Å². The Morgan fingerprint density at radius 1 is 1.38 bits per heavy atom. The van der Waals surface area contributed by atoms with Gasteiger partial charge in [0.1, 0.15) is 11.2 Å². The number of hydrogen-bond acceptors (Lipinski definition) is 4. The third-order valence-electron chi connectivity index (χ3n) is 2.19. The summed E-state index contributed by atoms with van der Waals surface area (Å²) in [5.74, 6) is 0.509. The number of benzene rings is 1. The summed E-state index contributed by atoms with van der Waals surface area (Å²) in [6.45, 7) is 1.84. The number of nitrogens with zero attached hydrogens (tertiary/aromatic N) is 3. The quantitative estimate of drug-likeness (QED) is 0.635. The molecule has 0 unspecified atom stereocenters. The van der Waals surface area contributed by atoms with Gasteiger partial charge >= 0.3 is 0 Å². The van der Waals surface area contributed by atoms with Gasteiger partial charge in [0.15, 0.2) is 0 Å². The normalized spacial score (nSPS) is 10.0. The van der Waals surface area contributed by atoms with Crippen molar-refractivity contribution in [3.63, 3.8) is 0 Å². The predicted octanol–water partition coefficient (Wildman–Crippen LogP) is 2.34. The van der Waals surface area contributed by atoms with Crippen molar-refractivity contribution in [2.45, 2.75) is 11.8 Å². The van der Waals surface area contributed by atoms with E-state index in [1.165, 1.54) is 0 Å². The Labute approximate surface area is 97.7 Å². The number of para-hydroxylation sites is 1. The molecular weight excluding hydrogens is 220 g/mol. The van der Waals surface area contributed by atoms with Crippen LogP contribution in [0.4, 0.5) is 5.82 Å². The topological polar surface area (TPSA) is 67.6 Å². The molecule has 80 valence electrons. The molecule has 5 heteroatoms. The number of hydrogen-bond donors (Lipinski definition) is 1. The Balaban J connectivity index is 2.53. The zero-order valence-corrected chi connectivity index (χ0v) is 9.53. The average molecular weight is 230 g/mol. The fourth-order valence-electron chi connectivity index (χ4n) is 1.47. The summed E-state index contributed by atoms with van der Waals surface area (Å²) >= 11 is 1.04. The molecular formula is C11H10N4S. The molecule has 0 radical (unpaired) electrons. The smallest absolute Gasteiger partial charge is 0.142 e. The van der Waals surface area contributed by atoms with E-state index >= 15 is 0 Å². The second kappa shape index (κ2) is 4.29. The summed E-state index contributed by atoms with van der Waals surface area (Å²) in [6, 6.07) is 9.61. The first kappa shape index (κ1) is 10.6. The van der Waals surface area contributed by atoms with Crippen molar-refractivity contribution in [1.82, 2.24) is 9.78 Å². The minimum atomic E-state index is 0.509. The second-order valence-corrected chi connectivity index (χ2v) is 4.04. The highest BCUT2D eigenvalue weighted by Crippen LogP contribution is 2.29. The van der Waals surface area contributed by atoms with Crippen molar-refractivity contribution >= 4 is 17.6 Å². The van der Waals surface area contributed by atoms with Gasteiger partial charge in [0.2, 0.25) is 0 Å². The van der Waals surface area contributed by atoms with Gasteiger partial charge in [-0.15, -0.1) is 0 Å². The summed E-state index contributed by atoms with van der Waals surface area (Å²) in [6.07, 6.45) is 0. The maximum absolute atomic E-state index is 8.67. The number of thioether (sulfide) groups is 1. The van der Waals surface area contributed by atoms with Gasteiger partial charge in [-0.25, -0.2) is 4.68 Å². The summed E-state index contributed by atoms with van der Waals surface area (Å²) < 4.78 is 1.65. The van der Waals surface area contributed by atoms with Gasteiger partial charge in [-0.2, -0.15) is 10.4 Å². The molecule has 0 fully saturated rings. The van der Waals surface area contributed by atoms with Crippen LogP contribution in [-0.4, -0.2) is 9.78 Å². The summed E-state index contributed by atoms with van der Waals surface area (Å²) in [5, 5.41) is 15.0. The number of aryl methyl sites for hydroxylation is 1. The van der Waals surface area contributed by atoms with Crippen molar-refractivity contribution in [1.29, 1.82) is 5.26 Å². The molecule has 1 aromatic carbocycles. The van der Waals surface area contributed by atoms with Gasteiger partial charge in [-0.1, -0.05) is 18.2 Å². The third kappa shape index (κ3) is 1.75. The lowest BCUT2D eigenvalue weighted by Gasteiger charge is -2.02. The molecule has 0 saturated carbocycles. The van der Waals surface area contributed by atoms with E-state index < -0.39 is 0 Å². The van der Waals surface area contributed by atoms with Crippen LogP contribution in [0.3, 0.4) is 0 Å². The van der Waals surface area contributed by atoms with Gasteiger partial charge < -0.3 is 5.73 Å². The van der Waals surface area contributed by atoms with Crippen molar-refractivity contribution in [3.8, 4) is 11.1 Å². The van der Waals surface area contributed by atoms with Crippen LogP contribution in [0.1, 0.15) is 5.69 Å². The number of nitrogens with two attached hydrogens (primary N) is 1. The highest BCUT2D eigenvalue weighted by molar-refractivity contribution is 8.03. The van der Waals surface area contributed by atoms with Crippen LogP contribution < -0.4 is 5.73 Å².